The lowest BCUT2D eigenvalue weighted by Crippen LogP contribution is -2.38. The van der Waals surface area contributed by atoms with Crippen molar-refractivity contribution in [2.45, 2.75) is 38.4 Å². The van der Waals surface area contributed by atoms with Crippen LogP contribution in [0.15, 0.2) is 18.6 Å². The Bertz CT molecular complexity index is 806. The molecule has 1 aliphatic rings. The first kappa shape index (κ1) is 17.1. The van der Waals surface area contributed by atoms with E-state index in [1.165, 1.54) is 20.2 Å². The zero-order valence-electron chi connectivity index (χ0n) is 13.7. The largest absolute Gasteiger partial charge is 0.463 e. The fraction of sp³-hybridized carbons (Fsp3) is 0.467. The topological polar surface area (TPSA) is 139 Å². The van der Waals surface area contributed by atoms with E-state index in [4.69, 9.17) is 19.9 Å². The molecule has 0 spiro atoms. The molecule has 0 unspecified atom stereocenters. The van der Waals surface area contributed by atoms with Crippen molar-refractivity contribution in [2.75, 3.05) is 12.3 Å². The zero-order valence-corrected chi connectivity index (χ0v) is 13.7. The van der Waals surface area contributed by atoms with Crippen LogP contribution in [0, 0.1) is 0 Å². The summed E-state index contributed by atoms with van der Waals surface area (Å²) in [5.41, 5.74) is 6.27. The first-order valence-electron chi connectivity index (χ1n) is 7.59. The van der Waals surface area contributed by atoms with Crippen molar-refractivity contribution >= 4 is 28.8 Å². The van der Waals surface area contributed by atoms with Gasteiger partial charge >= 0.3 is 11.9 Å². The first-order chi connectivity index (χ1) is 11.9. The number of aliphatic hydroxyl groups is 1. The second kappa shape index (κ2) is 6.65. The highest BCUT2D eigenvalue weighted by atomic mass is 16.6. The summed E-state index contributed by atoms with van der Waals surface area (Å²) in [5, 5.41) is 11.2. The van der Waals surface area contributed by atoms with Gasteiger partial charge in [0, 0.05) is 20.0 Å². The van der Waals surface area contributed by atoms with Crippen molar-refractivity contribution in [3.8, 4) is 0 Å². The molecular formula is C15H18N4O6. The van der Waals surface area contributed by atoms with Crippen LogP contribution < -0.4 is 5.73 Å². The van der Waals surface area contributed by atoms with E-state index in [0.29, 0.717) is 16.9 Å². The van der Waals surface area contributed by atoms with E-state index < -0.39 is 36.5 Å². The summed E-state index contributed by atoms with van der Waals surface area (Å²) in [6, 6.07) is 1.70. The second-order valence-electron chi connectivity index (χ2n) is 5.65. The summed E-state index contributed by atoms with van der Waals surface area (Å²) in [6.07, 6.45) is -0.936. The van der Waals surface area contributed by atoms with E-state index >= 15 is 0 Å². The summed E-state index contributed by atoms with van der Waals surface area (Å²) in [4.78, 5) is 30.4. The number of nitrogens with zero attached hydrogens (tertiary/aromatic N) is 3. The minimum atomic E-state index is -1.18. The average molecular weight is 350 g/mol. The molecule has 0 amide bonds. The van der Waals surface area contributed by atoms with Crippen molar-refractivity contribution in [1.82, 2.24) is 14.5 Å². The minimum absolute atomic E-state index is 0.156. The molecule has 10 nitrogen and oxygen atoms in total. The van der Waals surface area contributed by atoms with Crippen LogP contribution in [-0.2, 0) is 23.8 Å². The molecule has 2 aromatic heterocycles. The van der Waals surface area contributed by atoms with Crippen LogP contribution >= 0.6 is 0 Å². The number of aromatic nitrogens is 3. The Morgan fingerprint density at radius 1 is 1.36 bits per heavy atom. The standard InChI is InChI=1S/C15H18N4O6/c1-7(20)23-5-10-12(24-8(2)21)11(22)15(25-10)19-4-3-9-13(16)17-6-18-14(9)19/h3-4,6,10-12,15,22H,5H2,1-2H3,(H2,16,17,18)/t10-,11+,12+,15-/m1/s1. The van der Waals surface area contributed by atoms with Gasteiger partial charge in [0.2, 0.25) is 0 Å². The maximum atomic E-state index is 11.3. The number of aliphatic hydroxyl groups excluding tert-OH is 1. The molecular weight excluding hydrogens is 332 g/mol. The van der Waals surface area contributed by atoms with Gasteiger partial charge in [-0.1, -0.05) is 0 Å². The maximum absolute atomic E-state index is 11.3. The first-order valence-corrected chi connectivity index (χ1v) is 7.59. The third-order valence-electron chi connectivity index (χ3n) is 3.88. The van der Waals surface area contributed by atoms with Crippen molar-refractivity contribution in [1.29, 1.82) is 0 Å². The van der Waals surface area contributed by atoms with Crippen LogP contribution in [0.3, 0.4) is 0 Å². The van der Waals surface area contributed by atoms with Gasteiger partial charge in [-0.05, 0) is 6.07 Å². The van der Waals surface area contributed by atoms with Crippen LogP contribution in [0.1, 0.15) is 20.1 Å². The number of esters is 2. The molecule has 25 heavy (non-hydrogen) atoms. The van der Waals surface area contributed by atoms with Crippen LogP contribution in [0.5, 0.6) is 0 Å². The summed E-state index contributed by atoms with van der Waals surface area (Å²) in [5.74, 6) is -0.788. The Labute approximate surface area is 142 Å². The highest BCUT2D eigenvalue weighted by Crippen LogP contribution is 2.34. The highest BCUT2D eigenvalue weighted by molar-refractivity contribution is 5.86. The average Bonchev–Trinajstić information content (AvgIpc) is 3.09. The number of hydrogen-bond donors (Lipinski definition) is 2. The molecule has 4 atom stereocenters. The summed E-state index contributed by atoms with van der Waals surface area (Å²) in [7, 11) is 0. The number of nitrogen functional groups attached to an aromatic ring is 1. The lowest BCUT2D eigenvalue weighted by atomic mass is 10.1. The molecule has 1 fully saturated rings. The van der Waals surface area contributed by atoms with E-state index in [0.717, 1.165) is 0 Å². The predicted octanol–water partition coefficient (Wildman–Crippen LogP) is -0.233. The predicted molar refractivity (Wildman–Crippen MR) is 84.0 cm³/mol. The molecule has 0 bridgehead atoms. The fourth-order valence-electron chi connectivity index (χ4n) is 2.82. The molecule has 0 saturated carbocycles. The third kappa shape index (κ3) is 3.26. The fourth-order valence-corrected chi connectivity index (χ4v) is 2.82. The Morgan fingerprint density at radius 3 is 2.80 bits per heavy atom. The Hall–Kier alpha value is -2.72. The normalized spacial score (nSPS) is 25.9. The molecule has 3 N–H and O–H groups in total. The summed E-state index contributed by atoms with van der Waals surface area (Å²) in [6.45, 7) is 2.32. The van der Waals surface area contributed by atoms with E-state index in [1.807, 2.05) is 0 Å². The van der Waals surface area contributed by atoms with Gasteiger partial charge in [0.25, 0.3) is 0 Å². The zero-order chi connectivity index (χ0) is 18.1. The monoisotopic (exact) mass is 350 g/mol. The number of carbonyl (C=O) groups is 2. The molecule has 0 radical (unpaired) electrons. The van der Waals surface area contributed by atoms with Gasteiger partial charge in [-0.3, -0.25) is 9.59 Å². The Balaban J connectivity index is 1.91. The number of carbonyl (C=O) groups excluding carboxylic acids is 2. The van der Waals surface area contributed by atoms with Gasteiger partial charge < -0.3 is 29.6 Å². The van der Waals surface area contributed by atoms with E-state index in [1.54, 1.807) is 16.8 Å². The van der Waals surface area contributed by atoms with Crippen molar-refractivity contribution in [3.63, 3.8) is 0 Å². The molecule has 0 aliphatic carbocycles. The number of fused-ring (bicyclic) bond motifs is 1. The Kier molecular flexibility index (Phi) is 4.55. The molecule has 3 heterocycles. The van der Waals surface area contributed by atoms with Gasteiger partial charge in [-0.15, -0.1) is 0 Å². The molecule has 1 saturated heterocycles. The quantitative estimate of drug-likeness (QED) is 0.715. The molecule has 10 heteroatoms. The van der Waals surface area contributed by atoms with Gasteiger partial charge in [0.05, 0.1) is 5.39 Å². The van der Waals surface area contributed by atoms with E-state index in [-0.39, 0.29) is 6.61 Å². The molecule has 0 aromatic carbocycles. The number of nitrogens with two attached hydrogens (primary N) is 1. The van der Waals surface area contributed by atoms with Crippen LogP contribution in [0.2, 0.25) is 0 Å². The number of hydrogen-bond acceptors (Lipinski definition) is 9. The van der Waals surface area contributed by atoms with Gasteiger partial charge in [-0.2, -0.15) is 0 Å². The lowest BCUT2D eigenvalue weighted by Gasteiger charge is -2.19. The van der Waals surface area contributed by atoms with Crippen LogP contribution in [-0.4, -0.2) is 56.5 Å². The number of ether oxygens (including phenoxy) is 3. The summed E-state index contributed by atoms with van der Waals surface area (Å²) < 4.78 is 17.5. The molecule has 134 valence electrons. The van der Waals surface area contributed by atoms with E-state index in [9.17, 15) is 14.7 Å². The van der Waals surface area contributed by atoms with Crippen molar-refractivity contribution < 1.29 is 28.9 Å². The summed E-state index contributed by atoms with van der Waals surface area (Å²) >= 11 is 0. The second-order valence-corrected chi connectivity index (χ2v) is 5.65. The van der Waals surface area contributed by atoms with Crippen LogP contribution in [0.4, 0.5) is 5.82 Å². The van der Waals surface area contributed by atoms with Gasteiger partial charge in [0.1, 0.15) is 36.6 Å². The molecule has 1 aliphatic heterocycles. The van der Waals surface area contributed by atoms with E-state index in [2.05, 4.69) is 9.97 Å². The third-order valence-corrected chi connectivity index (χ3v) is 3.88. The van der Waals surface area contributed by atoms with Crippen molar-refractivity contribution in [2.24, 2.45) is 0 Å². The maximum Gasteiger partial charge on any atom is 0.303 e. The smallest absolute Gasteiger partial charge is 0.303 e. The molecule has 2 aromatic rings. The Morgan fingerprint density at radius 2 is 2.12 bits per heavy atom. The molecule has 3 rings (SSSR count). The van der Waals surface area contributed by atoms with Crippen molar-refractivity contribution in [3.05, 3.63) is 18.6 Å². The van der Waals surface area contributed by atoms with Gasteiger partial charge in [-0.25, -0.2) is 9.97 Å². The lowest BCUT2D eigenvalue weighted by molar-refractivity contribution is -0.157. The van der Waals surface area contributed by atoms with Crippen LogP contribution in [0.25, 0.3) is 11.0 Å². The number of anilines is 1. The highest BCUT2D eigenvalue weighted by Gasteiger charge is 2.47. The van der Waals surface area contributed by atoms with Gasteiger partial charge in [0.15, 0.2) is 12.3 Å². The SMILES string of the molecule is CC(=O)OC[C@H]1O[C@@H](n2ccc3c(N)ncnc32)[C@@H](O)[C@H]1OC(C)=O. The minimum Gasteiger partial charge on any atom is -0.463 e. The number of rotatable bonds is 4.